The van der Waals surface area contributed by atoms with Crippen LogP contribution >= 0.6 is 0 Å². The molecule has 1 fully saturated rings. The molecular formula is C20H22N2O6. The van der Waals surface area contributed by atoms with Gasteiger partial charge in [-0.1, -0.05) is 30.3 Å². The average molecular weight is 386 g/mol. The molecule has 148 valence electrons. The lowest BCUT2D eigenvalue weighted by Crippen LogP contribution is -2.60. The molecule has 8 heteroatoms. The van der Waals surface area contributed by atoms with Crippen LogP contribution in [0, 0.1) is 0 Å². The van der Waals surface area contributed by atoms with E-state index in [-0.39, 0.29) is 0 Å². The van der Waals surface area contributed by atoms with E-state index in [0.717, 1.165) is 22.0 Å². The Morgan fingerprint density at radius 2 is 1.68 bits per heavy atom. The van der Waals surface area contributed by atoms with Crippen LogP contribution < -0.4 is 10.5 Å². The second-order valence-electron chi connectivity index (χ2n) is 6.81. The highest BCUT2D eigenvalue weighted by atomic mass is 16.7. The Balaban J connectivity index is 1.74. The molecule has 3 aromatic rings. The average Bonchev–Trinajstić information content (AvgIpc) is 3.07. The summed E-state index contributed by atoms with van der Waals surface area (Å²) in [5.41, 5.74) is 8.81. The Labute approximate surface area is 160 Å². The molecule has 1 aromatic heterocycles. The zero-order valence-corrected chi connectivity index (χ0v) is 14.9. The van der Waals surface area contributed by atoms with E-state index in [0.29, 0.717) is 11.6 Å². The van der Waals surface area contributed by atoms with E-state index in [2.05, 4.69) is 4.98 Å². The summed E-state index contributed by atoms with van der Waals surface area (Å²) < 4.78 is 11.3. The predicted octanol–water partition coefficient (Wildman–Crippen LogP) is 0.596. The van der Waals surface area contributed by atoms with Crippen molar-refractivity contribution in [2.24, 2.45) is 0 Å². The number of para-hydroxylation sites is 1. The van der Waals surface area contributed by atoms with E-state index in [1.54, 1.807) is 12.1 Å². The summed E-state index contributed by atoms with van der Waals surface area (Å²) in [6.45, 7) is -0.525. The maximum Gasteiger partial charge on any atom is 0.230 e. The van der Waals surface area contributed by atoms with Crippen LogP contribution in [-0.2, 0) is 4.74 Å². The molecule has 0 radical (unpaired) electrons. The minimum atomic E-state index is -1.51. The van der Waals surface area contributed by atoms with Crippen molar-refractivity contribution in [3.63, 3.8) is 0 Å². The van der Waals surface area contributed by atoms with Crippen LogP contribution in [0.4, 0.5) is 5.69 Å². The number of nitrogens with two attached hydrogens (primary N) is 1. The number of hydrogen-bond donors (Lipinski definition) is 6. The van der Waals surface area contributed by atoms with Gasteiger partial charge in [-0.25, -0.2) is 0 Å². The predicted molar refractivity (Wildman–Crippen MR) is 103 cm³/mol. The van der Waals surface area contributed by atoms with Crippen molar-refractivity contribution >= 4 is 16.6 Å². The number of H-pyrrole nitrogens is 1. The number of aliphatic hydroxyl groups is 4. The van der Waals surface area contributed by atoms with Crippen LogP contribution in [0.3, 0.4) is 0 Å². The first-order valence-electron chi connectivity index (χ1n) is 8.93. The second kappa shape index (κ2) is 7.42. The molecule has 1 aliphatic heterocycles. The molecular weight excluding hydrogens is 364 g/mol. The molecule has 4 rings (SSSR count). The Bertz CT molecular complexity index is 955. The normalized spacial score (nSPS) is 27.8. The maximum atomic E-state index is 10.3. The summed E-state index contributed by atoms with van der Waals surface area (Å²) >= 11 is 0. The zero-order chi connectivity index (χ0) is 19.8. The zero-order valence-electron chi connectivity index (χ0n) is 14.9. The maximum absolute atomic E-state index is 10.3. The molecule has 7 N–H and O–H groups in total. The molecule has 2 aromatic carbocycles. The van der Waals surface area contributed by atoms with E-state index in [9.17, 15) is 20.4 Å². The fraction of sp³-hybridized carbons (Fsp3) is 0.300. The van der Waals surface area contributed by atoms with E-state index in [1.165, 1.54) is 0 Å². The number of nitrogen functional groups attached to an aromatic ring is 1. The summed E-state index contributed by atoms with van der Waals surface area (Å²) in [6, 6.07) is 14.8. The van der Waals surface area contributed by atoms with Crippen molar-refractivity contribution in [3.8, 4) is 17.0 Å². The number of benzene rings is 2. The van der Waals surface area contributed by atoms with Crippen LogP contribution in [-0.4, -0.2) is 62.7 Å². The molecule has 1 aliphatic rings. The molecule has 28 heavy (non-hydrogen) atoms. The van der Waals surface area contributed by atoms with Gasteiger partial charge in [0.05, 0.1) is 12.2 Å². The van der Waals surface area contributed by atoms with Gasteiger partial charge in [-0.05, 0) is 23.8 Å². The Morgan fingerprint density at radius 3 is 2.39 bits per heavy atom. The van der Waals surface area contributed by atoms with Crippen molar-refractivity contribution in [1.29, 1.82) is 0 Å². The number of anilines is 1. The lowest BCUT2D eigenvalue weighted by atomic mass is 9.99. The lowest BCUT2D eigenvalue weighted by Gasteiger charge is -2.39. The number of aromatic amines is 1. The van der Waals surface area contributed by atoms with Crippen molar-refractivity contribution in [3.05, 3.63) is 48.5 Å². The summed E-state index contributed by atoms with van der Waals surface area (Å²) in [7, 11) is 0. The molecule has 2 heterocycles. The molecule has 1 unspecified atom stereocenters. The molecule has 1 saturated heterocycles. The van der Waals surface area contributed by atoms with Crippen LogP contribution in [0.15, 0.2) is 48.5 Å². The van der Waals surface area contributed by atoms with Gasteiger partial charge in [-0.15, -0.1) is 0 Å². The number of aliphatic hydroxyl groups excluding tert-OH is 4. The van der Waals surface area contributed by atoms with E-state index < -0.39 is 37.3 Å². The molecule has 0 bridgehead atoms. The quantitative estimate of drug-likeness (QED) is 0.361. The second-order valence-corrected chi connectivity index (χ2v) is 6.81. The molecule has 5 atom stereocenters. The van der Waals surface area contributed by atoms with Gasteiger partial charge < -0.3 is 40.6 Å². The number of hydrogen-bond acceptors (Lipinski definition) is 7. The van der Waals surface area contributed by atoms with Crippen molar-refractivity contribution in [2.45, 2.75) is 30.7 Å². The minimum absolute atomic E-state index is 0.329. The Kier molecular flexibility index (Phi) is 4.96. The number of rotatable bonds is 4. The van der Waals surface area contributed by atoms with Crippen molar-refractivity contribution in [1.82, 2.24) is 4.98 Å². The molecule has 0 saturated carbocycles. The highest BCUT2D eigenvalue weighted by Gasteiger charge is 2.45. The molecule has 0 amide bonds. The monoisotopic (exact) mass is 386 g/mol. The van der Waals surface area contributed by atoms with Gasteiger partial charge in [0, 0.05) is 16.6 Å². The van der Waals surface area contributed by atoms with Gasteiger partial charge in [0.25, 0.3) is 0 Å². The molecule has 8 nitrogen and oxygen atoms in total. The first kappa shape index (κ1) is 18.7. The van der Waals surface area contributed by atoms with E-state index in [4.69, 9.17) is 15.2 Å². The fourth-order valence-electron chi connectivity index (χ4n) is 3.42. The van der Waals surface area contributed by atoms with Gasteiger partial charge in [0.1, 0.15) is 24.4 Å². The van der Waals surface area contributed by atoms with E-state index >= 15 is 0 Å². The van der Waals surface area contributed by atoms with Crippen LogP contribution in [0.2, 0.25) is 0 Å². The summed E-state index contributed by atoms with van der Waals surface area (Å²) in [4.78, 5) is 3.15. The first-order chi connectivity index (χ1) is 13.5. The fourth-order valence-corrected chi connectivity index (χ4v) is 3.42. The SMILES string of the molecule is Nc1ccc(-c2c(OC3O[C@H](CO)[C@@H](O)[C@H](O)[C@@H]3O)[nH]c3ccccc23)cc1. The largest absolute Gasteiger partial charge is 0.446 e. The summed E-state index contributed by atoms with van der Waals surface area (Å²) in [5.74, 6) is 0.329. The third-order valence-electron chi connectivity index (χ3n) is 4.95. The van der Waals surface area contributed by atoms with Gasteiger partial charge in [-0.3, -0.25) is 0 Å². The van der Waals surface area contributed by atoms with E-state index in [1.807, 2.05) is 36.4 Å². The van der Waals surface area contributed by atoms with Gasteiger partial charge in [-0.2, -0.15) is 0 Å². The van der Waals surface area contributed by atoms with Crippen LogP contribution in [0.5, 0.6) is 5.88 Å². The number of fused-ring (bicyclic) bond motifs is 1. The first-order valence-corrected chi connectivity index (χ1v) is 8.93. The van der Waals surface area contributed by atoms with Gasteiger partial charge >= 0.3 is 0 Å². The lowest BCUT2D eigenvalue weighted by molar-refractivity contribution is -0.278. The smallest absolute Gasteiger partial charge is 0.230 e. The number of nitrogens with one attached hydrogen (secondary N) is 1. The minimum Gasteiger partial charge on any atom is -0.446 e. The van der Waals surface area contributed by atoms with Crippen molar-refractivity contribution in [2.75, 3.05) is 12.3 Å². The topological polar surface area (TPSA) is 141 Å². The third kappa shape index (κ3) is 3.21. The van der Waals surface area contributed by atoms with Gasteiger partial charge in [0.15, 0.2) is 0 Å². The number of aromatic nitrogens is 1. The number of ether oxygens (including phenoxy) is 2. The third-order valence-corrected chi connectivity index (χ3v) is 4.95. The highest BCUT2D eigenvalue weighted by Crippen LogP contribution is 2.39. The van der Waals surface area contributed by atoms with Gasteiger partial charge in [0.2, 0.25) is 12.2 Å². The van der Waals surface area contributed by atoms with Crippen LogP contribution in [0.25, 0.3) is 22.0 Å². The van der Waals surface area contributed by atoms with Crippen molar-refractivity contribution < 1.29 is 29.9 Å². The molecule has 0 spiro atoms. The standard InChI is InChI=1S/C20H22N2O6/c21-11-7-5-10(6-8-11)15-12-3-1-2-4-13(12)22-19(15)28-20-18(26)17(25)16(24)14(9-23)27-20/h1-8,14,16-18,20,22-26H,9,21H2/t14-,16-,17+,18+,20?/m1/s1. The summed E-state index contributed by atoms with van der Waals surface area (Å²) in [5, 5.41) is 40.5. The Hall–Kier alpha value is -2.62. The van der Waals surface area contributed by atoms with Crippen LogP contribution in [0.1, 0.15) is 0 Å². The summed E-state index contributed by atoms with van der Waals surface area (Å²) in [6.07, 6.45) is -6.79. The molecule has 0 aliphatic carbocycles. The Morgan fingerprint density at radius 1 is 0.964 bits per heavy atom. The highest BCUT2D eigenvalue weighted by molar-refractivity contribution is 5.99.